The molecule has 2 unspecified atom stereocenters. The molecule has 1 aromatic carbocycles. The first-order chi connectivity index (χ1) is 8.42. The van der Waals surface area contributed by atoms with E-state index < -0.39 is 0 Å². The van der Waals surface area contributed by atoms with Crippen LogP contribution in [0.4, 0.5) is 4.39 Å². The first kappa shape index (κ1) is 15.3. The second-order valence-corrected chi connectivity index (χ2v) is 5.72. The van der Waals surface area contributed by atoms with Crippen LogP contribution in [0.2, 0.25) is 0 Å². The number of halogens is 2. The van der Waals surface area contributed by atoms with Gasteiger partial charge in [-0.15, -0.1) is 0 Å². The lowest BCUT2D eigenvalue weighted by Crippen LogP contribution is -2.12. The van der Waals surface area contributed by atoms with E-state index in [2.05, 4.69) is 36.7 Å². The Morgan fingerprint density at radius 3 is 2.00 bits per heavy atom. The number of hydrogen-bond acceptors (Lipinski definition) is 2. The lowest BCUT2D eigenvalue weighted by molar-refractivity contribution is 0.349. The molecule has 1 rings (SSSR count). The lowest BCUT2D eigenvalue weighted by Gasteiger charge is -2.23. The maximum atomic E-state index is 14.1. The lowest BCUT2D eigenvalue weighted by atomic mass is 9.90. The summed E-state index contributed by atoms with van der Waals surface area (Å²) in [5.41, 5.74) is 0.605. The van der Waals surface area contributed by atoms with Gasteiger partial charge in [0.25, 0.3) is 0 Å². The molecule has 0 amide bonds. The van der Waals surface area contributed by atoms with Crippen molar-refractivity contribution in [3.05, 3.63) is 23.5 Å². The predicted octanol–water partition coefficient (Wildman–Crippen LogP) is 4.57. The molecule has 1 aromatic rings. The van der Waals surface area contributed by atoms with Crippen LogP contribution < -0.4 is 9.47 Å². The van der Waals surface area contributed by atoms with Gasteiger partial charge in [0.15, 0.2) is 11.5 Å². The van der Waals surface area contributed by atoms with Crippen LogP contribution in [0.25, 0.3) is 0 Å². The maximum Gasteiger partial charge on any atom is 0.163 e. The van der Waals surface area contributed by atoms with E-state index in [4.69, 9.17) is 9.47 Å². The van der Waals surface area contributed by atoms with Crippen LogP contribution in [0.3, 0.4) is 0 Å². The molecule has 0 aliphatic heterocycles. The van der Waals surface area contributed by atoms with E-state index in [1.54, 1.807) is 13.2 Å². The van der Waals surface area contributed by atoms with Crippen molar-refractivity contribution in [1.29, 1.82) is 0 Å². The van der Waals surface area contributed by atoms with Gasteiger partial charge >= 0.3 is 0 Å². The number of ether oxygens (including phenoxy) is 2. The molecule has 0 fully saturated rings. The number of benzene rings is 1. The minimum absolute atomic E-state index is 0.0442. The van der Waals surface area contributed by atoms with Gasteiger partial charge in [-0.1, -0.05) is 36.7 Å². The van der Waals surface area contributed by atoms with Gasteiger partial charge in [0.2, 0.25) is 0 Å². The molecule has 0 aromatic heterocycles. The van der Waals surface area contributed by atoms with Crippen LogP contribution >= 0.6 is 15.9 Å². The highest BCUT2D eigenvalue weighted by Crippen LogP contribution is 2.40. The Bertz CT molecular complexity index is 407. The van der Waals surface area contributed by atoms with Gasteiger partial charge < -0.3 is 9.47 Å². The summed E-state index contributed by atoms with van der Waals surface area (Å²) in [7, 11) is 3.05. The number of methoxy groups -OCH3 is 2. The molecule has 0 radical (unpaired) electrons. The highest BCUT2D eigenvalue weighted by atomic mass is 79.9. The number of alkyl halides is 1. The molecule has 0 spiro atoms. The monoisotopic (exact) mass is 318 g/mol. The highest BCUT2D eigenvalue weighted by molar-refractivity contribution is 9.09. The van der Waals surface area contributed by atoms with Gasteiger partial charge in [-0.25, -0.2) is 4.39 Å². The summed E-state index contributed by atoms with van der Waals surface area (Å²) in [5, 5.41) is 0. The van der Waals surface area contributed by atoms with E-state index >= 15 is 0 Å². The third-order valence-electron chi connectivity index (χ3n) is 3.31. The molecule has 0 aliphatic rings. The summed E-state index contributed by atoms with van der Waals surface area (Å²) < 4.78 is 24.4. The first-order valence-corrected chi connectivity index (χ1v) is 6.89. The van der Waals surface area contributed by atoms with Gasteiger partial charge in [0, 0.05) is 16.5 Å². The molecule has 0 heterocycles. The molecule has 4 heteroatoms. The summed E-state index contributed by atoms with van der Waals surface area (Å²) in [6, 6.07) is 3.07. The summed E-state index contributed by atoms with van der Waals surface area (Å²) in [5.74, 6) is 1.46. The quantitative estimate of drug-likeness (QED) is 0.740. The minimum Gasteiger partial charge on any atom is -0.493 e. The molecule has 2 nitrogen and oxygen atoms in total. The van der Waals surface area contributed by atoms with Crippen LogP contribution in [-0.4, -0.2) is 14.2 Å². The number of rotatable bonds is 5. The second-order valence-electron chi connectivity index (χ2n) is 4.73. The van der Waals surface area contributed by atoms with Crippen LogP contribution in [0, 0.1) is 17.7 Å². The molecule has 0 bridgehead atoms. The van der Waals surface area contributed by atoms with Crippen molar-refractivity contribution in [2.75, 3.05) is 14.2 Å². The van der Waals surface area contributed by atoms with Gasteiger partial charge in [-0.2, -0.15) is 0 Å². The van der Waals surface area contributed by atoms with Gasteiger partial charge in [-0.3, -0.25) is 0 Å². The molecular weight excluding hydrogens is 299 g/mol. The van der Waals surface area contributed by atoms with E-state index in [0.29, 0.717) is 28.9 Å². The van der Waals surface area contributed by atoms with E-state index in [1.165, 1.54) is 13.2 Å². The normalized spacial score (nSPS) is 14.4. The summed E-state index contributed by atoms with van der Waals surface area (Å²) in [6.07, 6.45) is 0. The molecule has 0 aliphatic carbocycles. The predicted molar refractivity (Wildman–Crippen MR) is 75.2 cm³/mol. The number of hydrogen-bond donors (Lipinski definition) is 0. The average molecular weight is 319 g/mol. The fourth-order valence-corrected chi connectivity index (χ4v) is 2.66. The summed E-state index contributed by atoms with van der Waals surface area (Å²) in [4.78, 5) is -0.0442. The Hall–Kier alpha value is -0.770. The van der Waals surface area contributed by atoms with Crippen LogP contribution in [0.5, 0.6) is 11.5 Å². The smallest absolute Gasteiger partial charge is 0.163 e. The van der Waals surface area contributed by atoms with Gasteiger partial charge in [-0.05, 0) is 17.9 Å². The van der Waals surface area contributed by atoms with Crippen molar-refractivity contribution in [3.8, 4) is 11.5 Å². The molecule has 0 saturated carbocycles. The van der Waals surface area contributed by atoms with Crippen molar-refractivity contribution in [1.82, 2.24) is 0 Å². The molecule has 2 atom stereocenters. The second kappa shape index (κ2) is 6.41. The van der Waals surface area contributed by atoms with Crippen LogP contribution in [-0.2, 0) is 0 Å². The molecule has 0 N–H and O–H groups in total. The van der Waals surface area contributed by atoms with Crippen LogP contribution in [0.15, 0.2) is 12.1 Å². The maximum absolute atomic E-state index is 14.1. The topological polar surface area (TPSA) is 18.5 Å². The fraction of sp³-hybridized carbons (Fsp3) is 0.571. The third-order valence-corrected chi connectivity index (χ3v) is 4.64. The third kappa shape index (κ3) is 3.16. The Labute approximate surface area is 117 Å². The minimum atomic E-state index is -0.276. The van der Waals surface area contributed by atoms with Crippen molar-refractivity contribution in [2.45, 2.75) is 25.6 Å². The van der Waals surface area contributed by atoms with Crippen molar-refractivity contribution >= 4 is 15.9 Å². The summed E-state index contributed by atoms with van der Waals surface area (Å²) >= 11 is 3.58. The van der Waals surface area contributed by atoms with Crippen molar-refractivity contribution < 1.29 is 13.9 Å². The van der Waals surface area contributed by atoms with E-state index in [0.717, 1.165) is 0 Å². The fourth-order valence-electron chi connectivity index (χ4n) is 1.70. The van der Waals surface area contributed by atoms with E-state index in [9.17, 15) is 4.39 Å². The zero-order valence-corrected chi connectivity index (χ0v) is 13.0. The highest BCUT2D eigenvalue weighted by Gasteiger charge is 2.24. The molecule has 18 heavy (non-hydrogen) atoms. The van der Waals surface area contributed by atoms with E-state index in [1.807, 2.05) is 0 Å². The van der Waals surface area contributed by atoms with Crippen LogP contribution in [0.1, 0.15) is 31.2 Å². The summed E-state index contributed by atoms with van der Waals surface area (Å²) in [6.45, 7) is 6.34. The van der Waals surface area contributed by atoms with Gasteiger partial charge in [0.1, 0.15) is 5.82 Å². The molecule has 0 saturated heterocycles. The molecular formula is C14H20BrFO2. The standard InChI is InChI=1S/C14H20BrFO2/c1-8(2)9(3)14(15)10-6-12(17-4)13(18-5)7-11(10)16/h6-9,14H,1-5H3. The van der Waals surface area contributed by atoms with E-state index in [-0.39, 0.29) is 10.6 Å². The largest absolute Gasteiger partial charge is 0.493 e. The van der Waals surface area contributed by atoms with Crippen molar-refractivity contribution in [3.63, 3.8) is 0 Å². The molecule has 102 valence electrons. The Kier molecular flexibility index (Phi) is 5.45. The SMILES string of the molecule is COc1cc(F)c(C(Br)C(C)C(C)C)cc1OC. The average Bonchev–Trinajstić information content (AvgIpc) is 2.36. The Morgan fingerprint density at radius 1 is 1.06 bits per heavy atom. The van der Waals surface area contributed by atoms with Crippen molar-refractivity contribution in [2.24, 2.45) is 11.8 Å². The Balaban J connectivity index is 3.16. The Morgan fingerprint density at radius 2 is 1.56 bits per heavy atom. The van der Waals surface area contributed by atoms with Gasteiger partial charge in [0.05, 0.1) is 14.2 Å². The first-order valence-electron chi connectivity index (χ1n) is 5.97. The zero-order chi connectivity index (χ0) is 13.9. The zero-order valence-electron chi connectivity index (χ0n) is 11.5.